The van der Waals surface area contributed by atoms with Gasteiger partial charge in [0.05, 0.1) is 11.5 Å². The molecule has 0 aromatic carbocycles. The van der Waals surface area contributed by atoms with Crippen LogP contribution in [0.5, 0.6) is 0 Å². The standard InChI is InChI=1S/C12H20F3NO/c13-12(14,15)9-4-1-2-5-10(9)16-8-11(17)6-3-7-11/h9-10,16-17H,1-8H2. The lowest BCUT2D eigenvalue weighted by Crippen LogP contribution is -2.53. The Morgan fingerprint density at radius 1 is 1.12 bits per heavy atom. The molecule has 0 aliphatic heterocycles. The van der Waals surface area contributed by atoms with Crippen LogP contribution in [0.25, 0.3) is 0 Å². The number of alkyl halides is 3. The maximum Gasteiger partial charge on any atom is 0.393 e. The highest BCUT2D eigenvalue weighted by Crippen LogP contribution is 2.38. The van der Waals surface area contributed by atoms with E-state index in [1.54, 1.807) is 0 Å². The van der Waals surface area contributed by atoms with Crippen molar-refractivity contribution in [3.8, 4) is 0 Å². The molecule has 2 aliphatic rings. The molecular weight excluding hydrogens is 231 g/mol. The van der Waals surface area contributed by atoms with Crippen molar-refractivity contribution in [1.29, 1.82) is 0 Å². The van der Waals surface area contributed by atoms with Crippen molar-refractivity contribution in [2.75, 3.05) is 6.54 Å². The molecule has 17 heavy (non-hydrogen) atoms. The zero-order chi connectivity index (χ0) is 12.5. The fourth-order valence-electron chi connectivity index (χ4n) is 2.85. The molecule has 2 atom stereocenters. The van der Waals surface area contributed by atoms with Gasteiger partial charge >= 0.3 is 6.18 Å². The minimum absolute atomic E-state index is 0.222. The van der Waals surface area contributed by atoms with Gasteiger partial charge in [-0.25, -0.2) is 0 Å². The molecular formula is C12H20F3NO. The lowest BCUT2D eigenvalue weighted by Gasteiger charge is -2.40. The second-order valence-corrected chi connectivity index (χ2v) is 5.50. The predicted molar refractivity (Wildman–Crippen MR) is 58.6 cm³/mol. The van der Waals surface area contributed by atoms with E-state index in [0.717, 1.165) is 12.8 Å². The van der Waals surface area contributed by atoms with E-state index in [1.165, 1.54) is 0 Å². The molecule has 2 rings (SSSR count). The fraction of sp³-hybridized carbons (Fsp3) is 1.00. The van der Waals surface area contributed by atoms with E-state index < -0.39 is 23.7 Å². The molecule has 100 valence electrons. The molecule has 2 nitrogen and oxygen atoms in total. The molecule has 2 saturated carbocycles. The molecule has 0 saturated heterocycles. The molecule has 0 amide bonds. The van der Waals surface area contributed by atoms with E-state index in [1.807, 2.05) is 0 Å². The van der Waals surface area contributed by atoms with Crippen LogP contribution in [0.4, 0.5) is 13.2 Å². The second-order valence-electron chi connectivity index (χ2n) is 5.50. The lowest BCUT2D eigenvalue weighted by atomic mass is 9.79. The largest absolute Gasteiger partial charge is 0.393 e. The Hall–Kier alpha value is -0.290. The van der Waals surface area contributed by atoms with Gasteiger partial charge in [0.25, 0.3) is 0 Å². The van der Waals surface area contributed by atoms with Crippen molar-refractivity contribution in [3.05, 3.63) is 0 Å². The van der Waals surface area contributed by atoms with Gasteiger partial charge in [-0.15, -0.1) is 0 Å². The smallest absolute Gasteiger partial charge is 0.389 e. The number of hydrogen-bond acceptors (Lipinski definition) is 2. The van der Waals surface area contributed by atoms with Crippen LogP contribution >= 0.6 is 0 Å². The average Bonchev–Trinajstić information content (AvgIpc) is 2.23. The topological polar surface area (TPSA) is 32.3 Å². The lowest BCUT2D eigenvalue weighted by molar-refractivity contribution is -0.190. The first-order valence-electron chi connectivity index (χ1n) is 6.43. The van der Waals surface area contributed by atoms with Crippen molar-refractivity contribution in [2.45, 2.75) is 62.8 Å². The van der Waals surface area contributed by atoms with Crippen LogP contribution in [0.1, 0.15) is 44.9 Å². The van der Waals surface area contributed by atoms with Crippen LogP contribution in [0, 0.1) is 5.92 Å². The highest BCUT2D eigenvalue weighted by atomic mass is 19.4. The SMILES string of the molecule is OC1(CNC2CCCCC2C(F)(F)F)CCC1. The maximum atomic E-state index is 12.8. The summed E-state index contributed by atoms with van der Waals surface area (Å²) in [4.78, 5) is 0. The normalized spacial score (nSPS) is 33.2. The second kappa shape index (κ2) is 4.76. The molecule has 0 spiro atoms. The maximum absolute atomic E-state index is 12.8. The summed E-state index contributed by atoms with van der Waals surface area (Å²) in [6.45, 7) is 0.310. The first kappa shape index (κ1) is 13.1. The molecule has 2 N–H and O–H groups in total. The third-order valence-corrected chi connectivity index (χ3v) is 4.16. The van der Waals surface area contributed by atoms with E-state index in [0.29, 0.717) is 32.2 Å². The van der Waals surface area contributed by atoms with Gasteiger partial charge < -0.3 is 10.4 Å². The molecule has 5 heteroatoms. The third kappa shape index (κ3) is 3.13. The van der Waals surface area contributed by atoms with Gasteiger partial charge in [0.15, 0.2) is 0 Å². The van der Waals surface area contributed by atoms with Gasteiger partial charge in [-0.05, 0) is 32.1 Å². The summed E-state index contributed by atoms with van der Waals surface area (Å²) in [5, 5.41) is 12.8. The third-order valence-electron chi connectivity index (χ3n) is 4.16. The molecule has 0 aromatic heterocycles. The molecule has 0 radical (unpaired) electrons. The van der Waals surface area contributed by atoms with Gasteiger partial charge in [0.2, 0.25) is 0 Å². The van der Waals surface area contributed by atoms with Crippen molar-refractivity contribution >= 4 is 0 Å². The van der Waals surface area contributed by atoms with Crippen LogP contribution in [0.2, 0.25) is 0 Å². The van der Waals surface area contributed by atoms with Crippen LogP contribution in [-0.2, 0) is 0 Å². The minimum atomic E-state index is -4.11. The average molecular weight is 251 g/mol. The summed E-state index contributed by atoms with van der Waals surface area (Å²) in [7, 11) is 0. The summed E-state index contributed by atoms with van der Waals surface area (Å²) < 4.78 is 38.4. The molecule has 2 aliphatic carbocycles. The Morgan fingerprint density at radius 2 is 1.76 bits per heavy atom. The highest BCUT2D eigenvalue weighted by Gasteiger charge is 2.46. The zero-order valence-corrected chi connectivity index (χ0v) is 9.89. The summed E-state index contributed by atoms with van der Waals surface area (Å²) in [6.07, 6.45) is 0.591. The Bertz CT molecular complexity index is 263. The first-order chi connectivity index (χ1) is 7.91. The van der Waals surface area contributed by atoms with E-state index in [9.17, 15) is 18.3 Å². The van der Waals surface area contributed by atoms with Gasteiger partial charge in [0.1, 0.15) is 0 Å². The van der Waals surface area contributed by atoms with E-state index in [-0.39, 0.29) is 6.42 Å². The van der Waals surface area contributed by atoms with E-state index in [4.69, 9.17) is 0 Å². The van der Waals surface area contributed by atoms with Crippen LogP contribution < -0.4 is 5.32 Å². The van der Waals surface area contributed by atoms with Gasteiger partial charge in [-0.3, -0.25) is 0 Å². The number of halogens is 3. The van der Waals surface area contributed by atoms with Gasteiger partial charge in [0, 0.05) is 12.6 Å². The summed E-state index contributed by atoms with van der Waals surface area (Å²) >= 11 is 0. The fourth-order valence-corrected chi connectivity index (χ4v) is 2.85. The van der Waals surface area contributed by atoms with Crippen LogP contribution in [0.15, 0.2) is 0 Å². The zero-order valence-electron chi connectivity index (χ0n) is 9.89. The number of rotatable bonds is 3. The van der Waals surface area contributed by atoms with Crippen molar-refractivity contribution < 1.29 is 18.3 Å². The number of aliphatic hydroxyl groups is 1. The molecule has 0 heterocycles. The predicted octanol–water partition coefficient (Wildman–Crippen LogP) is 2.61. The molecule has 2 fully saturated rings. The number of nitrogens with one attached hydrogen (secondary N) is 1. The quantitative estimate of drug-likeness (QED) is 0.808. The monoisotopic (exact) mass is 251 g/mol. The van der Waals surface area contributed by atoms with E-state index >= 15 is 0 Å². The van der Waals surface area contributed by atoms with Crippen molar-refractivity contribution in [2.24, 2.45) is 5.92 Å². The Labute approximate surface area is 99.6 Å². The molecule has 0 bridgehead atoms. The number of hydrogen-bond donors (Lipinski definition) is 2. The Morgan fingerprint density at radius 3 is 2.29 bits per heavy atom. The molecule has 0 aromatic rings. The van der Waals surface area contributed by atoms with Crippen LogP contribution in [-0.4, -0.2) is 29.5 Å². The Balaban J connectivity index is 1.88. The highest BCUT2D eigenvalue weighted by molar-refractivity contribution is 4.93. The van der Waals surface area contributed by atoms with Crippen molar-refractivity contribution in [3.63, 3.8) is 0 Å². The first-order valence-corrected chi connectivity index (χ1v) is 6.43. The van der Waals surface area contributed by atoms with Gasteiger partial charge in [-0.2, -0.15) is 13.2 Å². The Kier molecular flexibility index (Phi) is 3.69. The summed E-state index contributed by atoms with van der Waals surface area (Å²) in [6, 6.07) is -0.506. The van der Waals surface area contributed by atoms with Crippen molar-refractivity contribution in [1.82, 2.24) is 5.32 Å². The van der Waals surface area contributed by atoms with Gasteiger partial charge in [-0.1, -0.05) is 12.8 Å². The van der Waals surface area contributed by atoms with E-state index in [2.05, 4.69) is 5.32 Å². The minimum Gasteiger partial charge on any atom is -0.389 e. The summed E-state index contributed by atoms with van der Waals surface area (Å²) in [5.74, 6) is -1.24. The molecule has 2 unspecified atom stereocenters. The van der Waals surface area contributed by atoms with Crippen LogP contribution in [0.3, 0.4) is 0 Å². The summed E-state index contributed by atoms with van der Waals surface area (Å²) in [5.41, 5.74) is -0.742.